The van der Waals surface area contributed by atoms with Crippen molar-refractivity contribution in [2.75, 3.05) is 38.2 Å². The summed E-state index contributed by atoms with van der Waals surface area (Å²) in [5.74, 6) is 0.679. The molecule has 0 bridgehead atoms. The fourth-order valence-corrected chi connectivity index (χ4v) is 2.92. The number of carbonyl (C=O) groups excluding carboxylic acids is 1. The fraction of sp³-hybridized carbons (Fsp3) is 0.278. The number of carbonyl (C=O) groups is 1. The molecule has 1 fully saturated rings. The van der Waals surface area contributed by atoms with Crippen molar-refractivity contribution in [2.24, 2.45) is 0 Å². The molecule has 120 valence electrons. The number of anilines is 1. The van der Waals surface area contributed by atoms with Crippen LogP contribution in [0.5, 0.6) is 11.5 Å². The number of ether oxygens (including phenoxy) is 1. The first-order chi connectivity index (χ1) is 11.2. The summed E-state index contributed by atoms with van der Waals surface area (Å²) >= 11 is 0. The van der Waals surface area contributed by atoms with E-state index >= 15 is 0 Å². The Morgan fingerprint density at radius 1 is 1.13 bits per heavy atom. The van der Waals surface area contributed by atoms with Crippen molar-refractivity contribution in [3.63, 3.8) is 0 Å². The monoisotopic (exact) mass is 312 g/mol. The lowest BCUT2D eigenvalue weighted by atomic mass is 9.98. The molecule has 0 unspecified atom stereocenters. The quantitative estimate of drug-likeness (QED) is 0.848. The van der Waals surface area contributed by atoms with Crippen LogP contribution >= 0.6 is 0 Å². The van der Waals surface area contributed by atoms with Gasteiger partial charge in [0.1, 0.15) is 11.5 Å². The summed E-state index contributed by atoms with van der Waals surface area (Å²) in [6, 6.07) is 10.8. The molecule has 0 saturated carbocycles. The molecule has 0 aliphatic carbocycles. The molecule has 2 aromatic carbocycles. The van der Waals surface area contributed by atoms with Gasteiger partial charge in [0.15, 0.2) is 6.29 Å². The number of hydrogen-bond donors (Lipinski definition) is 2. The summed E-state index contributed by atoms with van der Waals surface area (Å²) in [5.41, 5.74) is 3.26. The number of aldehydes is 1. The number of nitrogens with zero attached hydrogens (tertiary/aromatic N) is 1. The number of hydrogen-bond acceptors (Lipinski definition) is 5. The number of piperazine rings is 1. The van der Waals surface area contributed by atoms with Gasteiger partial charge in [-0.1, -0.05) is 6.07 Å². The van der Waals surface area contributed by atoms with E-state index in [1.807, 2.05) is 18.2 Å². The summed E-state index contributed by atoms with van der Waals surface area (Å²) in [6.07, 6.45) is 0.868. The number of phenolic OH excluding ortho intramolecular Hbond substituents is 1. The number of nitrogens with one attached hydrogen (secondary N) is 1. The average Bonchev–Trinajstić information content (AvgIpc) is 2.62. The Morgan fingerprint density at radius 2 is 1.87 bits per heavy atom. The van der Waals surface area contributed by atoms with Gasteiger partial charge in [-0.2, -0.15) is 0 Å². The van der Waals surface area contributed by atoms with Crippen LogP contribution in [-0.2, 0) is 0 Å². The van der Waals surface area contributed by atoms with E-state index in [4.69, 9.17) is 4.74 Å². The van der Waals surface area contributed by atoms with E-state index in [1.54, 1.807) is 25.3 Å². The second-order valence-electron chi connectivity index (χ2n) is 5.51. The van der Waals surface area contributed by atoms with Crippen molar-refractivity contribution in [2.45, 2.75) is 0 Å². The van der Waals surface area contributed by atoms with Gasteiger partial charge in [-0.05, 0) is 29.8 Å². The van der Waals surface area contributed by atoms with E-state index in [0.29, 0.717) is 11.3 Å². The van der Waals surface area contributed by atoms with Crippen LogP contribution in [0.15, 0.2) is 36.4 Å². The summed E-state index contributed by atoms with van der Waals surface area (Å²) in [4.78, 5) is 13.8. The first-order valence-electron chi connectivity index (χ1n) is 7.65. The molecule has 5 heteroatoms. The van der Waals surface area contributed by atoms with E-state index in [9.17, 15) is 9.90 Å². The fourth-order valence-electron chi connectivity index (χ4n) is 2.92. The van der Waals surface area contributed by atoms with Crippen LogP contribution in [0.25, 0.3) is 11.1 Å². The van der Waals surface area contributed by atoms with Gasteiger partial charge < -0.3 is 20.1 Å². The van der Waals surface area contributed by atoms with E-state index in [2.05, 4.69) is 10.2 Å². The third-order valence-electron chi connectivity index (χ3n) is 4.12. The SMILES string of the molecule is COc1cc(O)ccc1-c1ccc(N2CCNCC2)cc1C=O. The Morgan fingerprint density at radius 3 is 2.57 bits per heavy atom. The number of benzene rings is 2. The molecule has 0 aromatic heterocycles. The first kappa shape index (κ1) is 15.4. The highest BCUT2D eigenvalue weighted by Gasteiger charge is 2.15. The minimum absolute atomic E-state index is 0.135. The van der Waals surface area contributed by atoms with Gasteiger partial charge in [-0.25, -0.2) is 0 Å². The molecule has 1 aliphatic heterocycles. The van der Waals surface area contributed by atoms with Crippen LogP contribution in [0.2, 0.25) is 0 Å². The first-order valence-corrected chi connectivity index (χ1v) is 7.65. The van der Waals surface area contributed by atoms with E-state index in [1.165, 1.54) is 0 Å². The van der Waals surface area contributed by atoms with Gasteiger partial charge >= 0.3 is 0 Å². The summed E-state index contributed by atoms with van der Waals surface area (Å²) in [7, 11) is 1.55. The van der Waals surface area contributed by atoms with Gasteiger partial charge in [0, 0.05) is 49.1 Å². The van der Waals surface area contributed by atoms with Crippen LogP contribution < -0.4 is 15.0 Å². The average molecular weight is 312 g/mol. The van der Waals surface area contributed by atoms with Crippen LogP contribution in [0.3, 0.4) is 0 Å². The van der Waals surface area contributed by atoms with E-state index in [0.717, 1.165) is 49.3 Å². The summed E-state index contributed by atoms with van der Waals surface area (Å²) in [6.45, 7) is 3.76. The molecule has 1 saturated heterocycles. The maximum absolute atomic E-state index is 11.6. The highest BCUT2D eigenvalue weighted by Crippen LogP contribution is 2.35. The molecular formula is C18H20N2O3. The maximum Gasteiger partial charge on any atom is 0.150 e. The summed E-state index contributed by atoms with van der Waals surface area (Å²) < 4.78 is 5.33. The van der Waals surface area contributed by atoms with Crippen LogP contribution in [-0.4, -0.2) is 44.7 Å². The third kappa shape index (κ3) is 3.14. The molecule has 5 nitrogen and oxygen atoms in total. The number of aromatic hydroxyl groups is 1. The Kier molecular flexibility index (Phi) is 4.48. The predicted octanol–water partition coefficient (Wildman–Crippen LogP) is 2.29. The molecule has 3 rings (SSSR count). The smallest absolute Gasteiger partial charge is 0.150 e. The van der Waals surface area contributed by atoms with Crippen molar-refractivity contribution in [3.8, 4) is 22.6 Å². The lowest BCUT2D eigenvalue weighted by Crippen LogP contribution is -2.43. The Bertz CT molecular complexity index is 709. The third-order valence-corrected chi connectivity index (χ3v) is 4.12. The Hall–Kier alpha value is -2.53. The van der Waals surface area contributed by atoms with Crippen LogP contribution in [0, 0.1) is 0 Å². The van der Waals surface area contributed by atoms with Crippen molar-refractivity contribution >= 4 is 12.0 Å². The zero-order valence-corrected chi connectivity index (χ0v) is 13.1. The van der Waals surface area contributed by atoms with Crippen molar-refractivity contribution in [1.29, 1.82) is 0 Å². The number of methoxy groups -OCH3 is 1. The molecule has 1 aliphatic rings. The normalized spacial score (nSPS) is 14.6. The molecule has 1 heterocycles. The Balaban J connectivity index is 2.01. The lowest BCUT2D eigenvalue weighted by molar-refractivity contribution is 0.112. The van der Waals surface area contributed by atoms with Gasteiger partial charge in [0.05, 0.1) is 7.11 Å². The van der Waals surface area contributed by atoms with Gasteiger partial charge in [0.2, 0.25) is 0 Å². The van der Waals surface area contributed by atoms with Crippen molar-refractivity contribution in [3.05, 3.63) is 42.0 Å². The molecule has 0 amide bonds. The maximum atomic E-state index is 11.6. The molecule has 0 radical (unpaired) electrons. The molecule has 23 heavy (non-hydrogen) atoms. The van der Waals surface area contributed by atoms with Crippen LogP contribution in [0.4, 0.5) is 5.69 Å². The standard InChI is InChI=1S/C18H20N2O3/c1-23-18-11-15(22)3-5-17(18)16-4-2-14(10-13(16)12-21)20-8-6-19-7-9-20/h2-5,10-12,19,22H,6-9H2,1H3. The minimum Gasteiger partial charge on any atom is -0.508 e. The van der Waals surface area contributed by atoms with E-state index in [-0.39, 0.29) is 5.75 Å². The highest BCUT2D eigenvalue weighted by molar-refractivity contribution is 5.91. The second-order valence-corrected chi connectivity index (χ2v) is 5.51. The minimum atomic E-state index is 0.135. The second kappa shape index (κ2) is 6.71. The van der Waals surface area contributed by atoms with Gasteiger partial charge in [-0.15, -0.1) is 0 Å². The molecule has 2 aromatic rings. The van der Waals surface area contributed by atoms with Crippen molar-refractivity contribution in [1.82, 2.24) is 5.32 Å². The molecular weight excluding hydrogens is 292 g/mol. The molecule has 0 atom stereocenters. The summed E-state index contributed by atoms with van der Waals surface area (Å²) in [5, 5.41) is 12.9. The largest absolute Gasteiger partial charge is 0.508 e. The van der Waals surface area contributed by atoms with E-state index < -0.39 is 0 Å². The molecule has 2 N–H and O–H groups in total. The zero-order valence-electron chi connectivity index (χ0n) is 13.1. The van der Waals surface area contributed by atoms with Gasteiger partial charge in [0.25, 0.3) is 0 Å². The highest BCUT2D eigenvalue weighted by atomic mass is 16.5. The molecule has 0 spiro atoms. The van der Waals surface area contributed by atoms with Crippen molar-refractivity contribution < 1.29 is 14.6 Å². The van der Waals surface area contributed by atoms with Crippen LogP contribution in [0.1, 0.15) is 10.4 Å². The van der Waals surface area contributed by atoms with Gasteiger partial charge in [-0.3, -0.25) is 4.79 Å². The zero-order chi connectivity index (χ0) is 16.2. The lowest BCUT2D eigenvalue weighted by Gasteiger charge is -2.30. The predicted molar refractivity (Wildman–Crippen MR) is 90.6 cm³/mol. The Labute approximate surface area is 135 Å². The number of phenols is 1. The topological polar surface area (TPSA) is 61.8 Å². The number of rotatable bonds is 4.